The maximum atomic E-state index is 12.2. The van der Waals surface area contributed by atoms with Gasteiger partial charge in [-0.15, -0.1) is 0 Å². The van der Waals surface area contributed by atoms with Gasteiger partial charge in [-0.2, -0.15) is 0 Å². The molecule has 0 spiro atoms. The number of hydrogen-bond acceptors (Lipinski definition) is 7. The predicted octanol–water partition coefficient (Wildman–Crippen LogP) is 3.69. The first-order valence-corrected chi connectivity index (χ1v) is 11.2. The van der Waals surface area contributed by atoms with Crippen LogP contribution < -0.4 is 0 Å². The largest absolute Gasteiger partial charge is 0.464 e. The number of ether oxygens (including phenoxy) is 3. The lowest BCUT2D eigenvalue weighted by atomic mass is 9.82. The van der Waals surface area contributed by atoms with Crippen LogP contribution in [0.15, 0.2) is 0 Å². The number of carbonyl (C=O) groups is 3. The molecule has 0 aliphatic carbocycles. The molecule has 0 heterocycles. The first-order valence-electron chi connectivity index (χ1n) is 11.2. The summed E-state index contributed by atoms with van der Waals surface area (Å²) in [7, 11) is 0. The quantitative estimate of drug-likeness (QED) is 0.308. The van der Waals surface area contributed by atoms with Gasteiger partial charge in [0, 0.05) is 19.6 Å². The Morgan fingerprint density at radius 3 is 1.33 bits per heavy atom. The van der Waals surface area contributed by atoms with E-state index in [9.17, 15) is 14.4 Å². The van der Waals surface area contributed by atoms with Crippen LogP contribution in [0.1, 0.15) is 68.2 Å². The van der Waals surface area contributed by atoms with E-state index in [2.05, 4.69) is 0 Å². The minimum absolute atomic E-state index is 0.130. The molecule has 7 heteroatoms. The number of nitrogens with zero attached hydrogens (tertiary/aromatic N) is 1. The summed E-state index contributed by atoms with van der Waals surface area (Å²) in [6, 6.07) is 0. The molecule has 0 saturated carbocycles. The van der Waals surface area contributed by atoms with E-state index in [1.54, 1.807) is 0 Å². The van der Waals surface area contributed by atoms with Gasteiger partial charge in [-0.05, 0) is 18.3 Å². The molecule has 3 atom stereocenters. The van der Waals surface area contributed by atoms with Gasteiger partial charge in [0.15, 0.2) is 0 Å². The Labute approximate surface area is 182 Å². The summed E-state index contributed by atoms with van der Waals surface area (Å²) in [6.07, 6.45) is 1.46. The first-order chi connectivity index (χ1) is 13.9. The van der Waals surface area contributed by atoms with Crippen molar-refractivity contribution in [2.45, 2.75) is 68.2 Å². The summed E-state index contributed by atoms with van der Waals surface area (Å²) >= 11 is 0. The van der Waals surface area contributed by atoms with E-state index in [4.69, 9.17) is 14.2 Å². The molecule has 0 aliphatic heterocycles. The van der Waals surface area contributed by atoms with E-state index in [-0.39, 0.29) is 60.9 Å². The van der Waals surface area contributed by atoms with Crippen molar-refractivity contribution < 1.29 is 28.6 Å². The molecule has 0 N–H and O–H groups in total. The van der Waals surface area contributed by atoms with Crippen LogP contribution in [-0.2, 0) is 28.6 Å². The molecule has 0 radical (unpaired) electrons. The zero-order valence-electron chi connectivity index (χ0n) is 20.3. The number of esters is 3. The second-order valence-corrected chi connectivity index (χ2v) is 9.05. The van der Waals surface area contributed by atoms with Gasteiger partial charge in [0.05, 0.1) is 17.8 Å². The van der Waals surface area contributed by atoms with Crippen molar-refractivity contribution in [2.75, 3.05) is 39.5 Å². The van der Waals surface area contributed by atoms with Gasteiger partial charge in [0.2, 0.25) is 0 Å². The molecular weight excluding hydrogens is 386 g/mol. The van der Waals surface area contributed by atoms with E-state index < -0.39 is 0 Å². The molecule has 7 nitrogen and oxygen atoms in total. The van der Waals surface area contributed by atoms with Gasteiger partial charge in [0.1, 0.15) is 19.8 Å². The molecule has 176 valence electrons. The third-order valence-electron chi connectivity index (χ3n) is 5.64. The highest BCUT2D eigenvalue weighted by Gasteiger charge is 2.28. The molecular formula is C23H43NO6. The van der Waals surface area contributed by atoms with E-state index in [0.29, 0.717) is 19.6 Å². The Bertz CT molecular complexity index is 500. The van der Waals surface area contributed by atoms with Crippen LogP contribution in [0.4, 0.5) is 0 Å². The van der Waals surface area contributed by atoms with Crippen molar-refractivity contribution in [1.82, 2.24) is 4.90 Å². The molecule has 0 bridgehead atoms. The summed E-state index contributed by atoms with van der Waals surface area (Å²) in [5.41, 5.74) is -0.162. The third kappa shape index (κ3) is 11.5. The van der Waals surface area contributed by atoms with Crippen LogP contribution in [-0.4, -0.2) is 62.3 Å². The Kier molecular flexibility index (Phi) is 13.6. The topological polar surface area (TPSA) is 82.1 Å². The van der Waals surface area contributed by atoms with Crippen molar-refractivity contribution in [3.63, 3.8) is 0 Å². The van der Waals surface area contributed by atoms with Gasteiger partial charge in [0.25, 0.3) is 0 Å². The fraction of sp³-hybridized carbons (Fsp3) is 0.870. The van der Waals surface area contributed by atoms with Crippen LogP contribution >= 0.6 is 0 Å². The van der Waals surface area contributed by atoms with Gasteiger partial charge in [-0.25, -0.2) is 0 Å². The van der Waals surface area contributed by atoms with Crippen LogP contribution in [0.5, 0.6) is 0 Å². The van der Waals surface area contributed by atoms with E-state index in [0.717, 1.165) is 12.8 Å². The molecule has 0 aromatic carbocycles. The maximum absolute atomic E-state index is 12.2. The molecule has 3 unspecified atom stereocenters. The van der Waals surface area contributed by atoms with Crippen LogP contribution in [0.2, 0.25) is 0 Å². The van der Waals surface area contributed by atoms with Crippen molar-refractivity contribution in [1.29, 1.82) is 0 Å². The normalized spacial score (nSPS) is 14.7. The highest BCUT2D eigenvalue weighted by Crippen LogP contribution is 2.26. The summed E-state index contributed by atoms with van der Waals surface area (Å²) in [5.74, 6) is -1.13. The lowest BCUT2D eigenvalue weighted by molar-refractivity contribution is -0.152. The zero-order chi connectivity index (χ0) is 23.3. The molecule has 0 fully saturated rings. The fourth-order valence-electron chi connectivity index (χ4n) is 2.26. The highest BCUT2D eigenvalue weighted by molar-refractivity contribution is 5.73. The number of hydrogen-bond donors (Lipinski definition) is 0. The van der Waals surface area contributed by atoms with Gasteiger partial charge < -0.3 is 14.2 Å². The highest BCUT2D eigenvalue weighted by atomic mass is 16.5. The minimum atomic E-state index is -0.228. The monoisotopic (exact) mass is 429 g/mol. The fourth-order valence-corrected chi connectivity index (χ4v) is 2.26. The Hall–Kier alpha value is -1.63. The molecule has 0 aromatic heterocycles. The van der Waals surface area contributed by atoms with Crippen molar-refractivity contribution in [3.8, 4) is 0 Å². The van der Waals surface area contributed by atoms with Gasteiger partial charge in [-0.1, -0.05) is 55.4 Å². The molecule has 0 saturated heterocycles. The summed E-state index contributed by atoms with van der Waals surface area (Å²) in [6.45, 7) is 17.6. The van der Waals surface area contributed by atoms with E-state index in [1.165, 1.54) is 0 Å². The predicted molar refractivity (Wildman–Crippen MR) is 117 cm³/mol. The Morgan fingerprint density at radius 2 is 1.03 bits per heavy atom. The zero-order valence-corrected chi connectivity index (χ0v) is 20.3. The van der Waals surface area contributed by atoms with E-state index >= 15 is 0 Å². The third-order valence-corrected chi connectivity index (χ3v) is 5.64. The second kappa shape index (κ2) is 14.4. The second-order valence-electron chi connectivity index (χ2n) is 9.05. The lowest BCUT2D eigenvalue weighted by Crippen LogP contribution is -2.36. The van der Waals surface area contributed by atoms with Crippen LogP contribution in [0.25, 0.3) is 0 Å². The van der Waals surface area contributed by atoms with E-state index in [1.807, 2.05) is 60.3 Å². The molecule has 0 aliphatic rings. The van der Waals surface area contributed by atoms with Crippen molar-refractivity contribution in [2.24, 2.45) is 23.2 Å². The number of carbonyl (C=O) groups excluding carboxylic acids is 3. The average Bonchev–Trinajstić information content (AvgIpc) is 2.70. The van der Waals surface area contributed by atoms with Gasteiger partial charge in [-0.3, -0.25) is 19.3 Å². The molecule has 0 rings (SSSR count). The van der Waals surface area contributed by atoms with Crippen LogP contribution in [0, 0.1) is 23.2 Å². The smallest absolute Gasteiger partial charge is 0.309 e. The molecule has 0 amide bonds. The summed E-state index contributed by atoms with van der Waals surface area (Å²) < 4.78 is 16.1. The summed E-state index contributed by atoms with van der Waals surface area (Å²) in [4.78, 5) is 37.9. The molecule has 0 aromatic rings. The standard InChI is InChI=1S/C23H43NO6/c1-9-17(3)20(25)28-14-11-24(12-15-29-21(26)18(4)10-2)13-16-30-22(27)19(5)23(6,7)8/h17-19H,9-16H2,1-8H3. The summed E-state index contributed by atoms with van der Waals surface area (Å²) in [5, 5.41) is 0. The molecule has 30 heavy (non-hydrogen) atoms. The average molecular weight is 430 g/mol. The Morgan fingerprint density at radius 1 is 0.700 bits per heavy atom. The minimum Gasteiger partial charge on any atom is -0.464 e. The maximum Gasteiger partial charge on any atom is 0.309 e. The first kappa shape index (κ1) is 28.4. The Balaban J connectivity index is 4.60. The lowest BCUT2D eigenvalue weighted by Gasteiger charge is -2.26. The number of rotatable bonds is 14. The van der Waals surface area contributed by atoms with Crippen LogP contribution in [0.3, 0.4) is 0 Å². The van der Waals surface area contributed by atoms with Gasteiger partial charge >= 0.3 is 17.9 Å². The SMILES string of the molecule is CCC(C)C(=O)OCCN(CCOC(=O)C(C)CC)CCOC(=O)C(C)C(C)(C)C. The van der Waals surface area contributed by atoms with Crippen molar-refractivity contribution in [3.05, 3.63) is 0 Å². The van der Waals surface area contributed by atoms with Crippen molar-refractivity contribution >= 4 is 17.9 Å².